The molecule has 0 saturated carbocycles. The van der Waals surface area contributed by atoms with Crippen molar-refractivity contribution in [1.29, 1.82) is 0 Å². The van der Waals surface area contributed by atoms with Gasteiger partial charge in [0.1, 0.15) is 0 Å². The van der Waals surface area contributed by atoms with Gasteiger partial charge in [-0.1, -0.05) is 23.2 Å². The number of carbonyl (C=O) groups excluding carboxylic acids is 1. The van der Waals surface area contributed by atoms with Gasteiger partial charge in [-0.05, 0) is 37.5 Å². The molecule has 21 heavy (non-hydrogen) atoms. The van der Waals surface area contributed by atoms with E-state index in [4.69, 9.17) is 28.9 Å². The molecule has 0 saturated heterocycles. The van der Waals surface area contributed by atoms with Gasteiger partial charge in [0.15, 0.2) is 0 Å². The number of hydrogen-bond donors (Lipinski definition) is 3. The summed E-state index contributed by atoms with van der Waals surface area (Å²) in [6, 6.07) is 3.02. The second kappa shape index (κ2) is 6.83. The topological polar surface area (TPSA) is 83.8 Å². The molecule has 0 unspecified atom stereocenters. The van der Waals surface area contributed by atoms with Crippen LogP contribution in [-0.2, 0) is 6.42 Å². The number of benzene rings is 1. The average molecular weight is 327 g/mol. The first-order valence-corrected chi connectivity index (χ1v) is 7.26. The number of carbonyl (C=O) groups is 1. The van der Waals surface area contributed by atoms with Crippen molar-refractivity contribution < 1.29 is 4.79 Å². The Labute approximate surface area is 132 Å². The smallest absolute Gasteiger partial charge is 0.251 e. The number of rotatable bonds is 5. The van der Waals surface area contributed by atoms with Crippen molar-refractivity contribution in [2.24, 2.45) is 0 Å². The van der Waals surface area contributed by atoms with Crippen LogP contribution in [0.3, 0.4) is 0 Å². The summed E-state index contributed by atoms with van der Waals surface area (Å²) in [5, 5.41) is 10.2. The van der Waals surface area contributed by atoms with Crippen LogP contribution in [0, 0.1) is 6.92 Å². The fourth-order valence-corrected chi connectivity index (χ4v) is 2.41. The second-order valence-electron chi connectivity index (χ2n) is 4.73. The number of anilines is 1. The van der Waals surface area contributed by atoms with E-state index in [0.717, 1.165) is 24.1 Å². The number of H-pyrrole nitrogens is 1. The highest BCUT2D eigenvalue weighted by Crippen LogP contribution is 2.28. The van der Waals surface area contributed by atoms with Crippen LogP contribution in [0.1, 0.15) is 28.0 Å². The van der Waals surface area contributed by atoms with Gasteiger partial charge in [0.05, 0.1) is 21.9 Å². The molecular formula is C14H16Cl2N4O. The van der Waals surface area contributed by atoms with Crippen molar-refractivity contribution >= 4 is 34.8 Å². The number of aromatic nitrogens is 2. The Morgan fingerprint density at radius 3 is 2.62 bits per heavy atom. The molecule has 2 aromatic rings. The van der Waals surface area contributed by atoms with Gasteiger partial charge in [-0.3, -0.25) is 9.89 Å². The lowest BCUT2D eigenvalue weighted by atomic mass is 10.1. The van der Waals surface area contributed by atoms with E-state index in [-0.39, 0.29) is 21.6 Å². The zero-order valence-electron chi connectivity index (χ0n) is 11.5. The first-order valence-electron chi connectivity index (χ1n) is 6.50. The van der Waals surface area contributed by atoms with E-state index < -0.39 is 0 Å². The van der Waals surface area contributed by atoms with Crippen molar-refractivity contribution in [2.45, 2.75) is 19.8 Å². The minimum atomic E-state index is -0.220. The molecule has 5 nitrogen and oxygen atoms in total. The van der Waals surface area contributed by atoms with E-state index in [1.807, 2.05) is 6.92 Å². The maximum atomic E-state index is 12.0. The molecule has 0 aliphatic rings. The molecule has 4 N–H and O–H groups in total. The number of aryl methyl sites for hydroxylation is 2. The molecule has 2 rings (SSSR count). The van der Waals surface area contributed by atoms with Crippen LogP contribution in [0.25, 0.3) is 0 Å². The third kappa shape index (κ3) is 3.89. The molecule has 0 radical (unpaired) electrons. The van der Waals surface area contributed by atoms with Crippen molar-refractivity contribution in [1.82, 2.24) is 15.5 Å². The fraction of sp³-hybridized carbons (Fsp3) is 0.286. The number of halogens is 2. The lowest BCUT2D eigenvalue weighted by Gasteiger charge is -2.08. The van der Waals surface area contributed by atoms with Crippen molar-refractivity contribution in [3.8, 4) is 0 Å². The Kier molecular flexibility index (Phi) is 5.09. The van der Waals surface area contributed by atoms with Gasteiger partial charge in [-0.15, -0.1) is 0 Å². The van der Waals surface area contributed by atoms with Crippen LogP contribution in [0.5, 0.6) is 0 Å². The highest BCUT2D eigenvalue weighted by atomic mass is 35.5. The molecule has 0 bridgehead atoms. The van der Waals surface area contributed by atoms with Gasteiger partial charge in [0.25, 0.3) is 5.91 Å². The van der Waals surface area contributed by atoms with E-state index in [0.29, 0.717) is 12.1 Å². The van der Waals surface area contributed by atoms with E-state index in [1.54, 1.807) is 6.20 Å². The van der Waals surface area contributed by atoms with Gasteiger partial charge in [-0.2, -0.15) is 5.10 Å². The maximum absolute atomic E-state index is 12.0. The van der Waals surface area contributed by atoms with Crippen LogP contribution < -0.4 is 11.1 Å². The number of nitrogens with one attached hydrogen (secondary N) is 2. The van der Waals surface area contributed by atoms with E-state index >= 15 is 0 Å². The van der Waals surface area contributed by atoms with Crippen LogP contribution in [0.4, 0.5) is 5.69 Å². The van der Waals surface area contributed by atoms with Gasteiger partial charge in [0.2, 0.25) is 0 Å². The summed E-state index contributed by atoms with van der Waals surface area (Å²) in [5.74, 6) is -0.220. The Morgan fingerprint density at radius 2 is 2.05 bits per heavy atom. The lowest BCUT2D eigenvalue weighted by molar-refractivity contribution is 0.0953. The number of aromatic amines is 1. The number of hydrogen-bond acceptors (Lipinski definition) is 3. The van der Waals surface area contributed by atoms with E-state index in [9.17, 15) is 4.79 Å². The number of amides is 1. The molecule has 0 fully saturated rings. The SMILES string of the molecule is Cc1[nH]ncc1CCCNC(=O)c1cc(Cl)c(N)c(Cl)c1. The third-order valence-corrected chi connectivity index (χ3v) is 3.81. The van der Waals surface area contributed by atoms with Crippen LogP contribution in [0.2, 0.25) is 10.0 Å². The van der Waals surface area contributed by atoms with Gasteiger partial charge < -0.3 is 11.1 Å². The summed E-state index contributed by atoms with van der Waals surface area (Å²) in [5.41, 5.74) is 8.53. The zero-order chi connectivity index (χ0) is 15.4. The Hall–Kier alpha value is -1.72. The minimum Gasteiger partial charge on any atom is -0.396 e. The second-order valence-corrected chi connectivity index (χ2v) is 5.55. The molecule has 7 heteroatoms. The van der Waals surface area contributed by atoms with Gasteiger partial charge in [0, 0.05) is 17.8 Å². The van der Waals surface area contributed by atoms with E-state index in [1.165, 1.54) is 12.1 Å². The molecule has 0 spiro atoms. The molecule has 1 amide bonds. The minimum absolute atomic E-state index is 0.220. The molecule has 0 atom stereocenters. The fourth-order valence-electron chi connectivity index (χ4n) is 1.93. The van der Waals surface area contributed by atoms with Crippen molar-refractivity contribution in [3.05, 3.63) is 45.2 Å². The lowest BCUT2D eigenvalue weighted by Crippen LogP contribution is -2.24. The summed E-state index contributed by atoms with van der Waals surface area (Å²) >= 11 is 11.8. The monoisotopic (exact) mass is 326 g/mol. The number of nitrogens with two attached hydrogens (primary N) is 1. The molecule has 0 aliphatic carbocycles. The normalized spacial score (nSPS) is 10.6. The largest absolute Gasteiger partial charge is 0.396 e. The highest BCUT2D eigenvalue weighted by molar-refractivity contribution is 6.39. The standard InChI is InChI=1S/C14H16Cl2N4O/c1-8-9(7-19-20-8)3-2-4-18-14(21)10-5-11(15)13(17)12(16)6-10/h5-7H,2-4,17H2,1H3,(H,18,21)(H,19,20). The summed E-state index contributed by atoms with van der Waals surface area (Å²) in [6.45, 7) is 2.53. The summed E-state index contributed by atoms with van der Waals surface area (Å²) in [6.07, 6.45) is 3.48. The molecule has 112 valence electrons. The molecule has 1 aromatic heterocycles. The first-order chi connectivity index (χ1) is 9.99. The van der Waals surface area contributed by atoms with Crippen LogP contribution >= 0.6 is 23.2 Å². The number of nitrogen functional groups attached to an aromatic ring is 1. The Balaban J connectivity index is 1.86. The predicted octanol–water partition coefficient (Wildman–Crippen LogP) is 2.97. The Bertz CT molecular complexity index is 631. The zero-order valence-corrected chi connectivity index (χ0v) is 13.1. The summed E-state index contributed by atoms with van der Waals surface area (Å²) < 4.78 is 0. The molecule has 0 aliphatic heterocycles. The summed E-state index contributed by atoms with van der Waals surface area (Å²) in [7, 11) is 0. The Morgan fingerprint density at radius 1 is 1.38 bits per heavy atom. The summed E-state index contributed by atoms with van der Waals surface area (Å²) in [4.78, 5) is 12.0. The van der Waals surface area contributed by atoms with Gasteiger partial charge in [-0.25, -0.2) is 0 Å². The predicted molar refractivity (Wildman–Crippen MR) is 84.9 cm³/mol. The van der Waals surface area contributed by atoms with Crippen LogP contribution in [-0.4, -0.2) is 22.6 Å². The van der Waals surface area contributed by atoms with Gasteiger partial charge >= 0.3 is 0 Å². The maximum Gasteiger partial charge on any atom is 0.251 e. The highest BCUT2D eigenvalue weighted by Gasteiger charge is 2.11. The quantitative estimate of drug-likeness (QED) is 0.583. The molecular weight excluding hydrogens is 311 g/mol. The first kappa shape index (κ1) is 15.7. The van der Waals surface area contributed by atoms with Crippen LogP contribution in [0.15, 0.2) is 18.3 Å². The molecule has 1 aromatic carbocycles. The molecule has 1 heterocycles. The van der Waals surface area contributed by atoms with E-state index in [2.05, 4.69) is 15.5 Å². The number of nitrogens with zero attached hydrogens (tertiary/aromatic N) is 1. The average Bonchev–Trinajstić information content (AvgIpc) is 2.85. The third-order valence-electron chi connectivity index (χ3n) is 3.18. The van der Waals surface area contributed by atoms with Crippen molar-refractivity contribution in [2.75, 3.05) is 12.3 Å². The van der Waals surface area contributed by atoms with Crippen molar-refractivity contribution in [3.63, 3.8) is 0 Å².